The largest absolute Gasteiger partial charge is 0.354 e. The van der Waals surface area contributed by atoms with E-state index in [2.05, 4.69) is 120 Å². The molecule has 0 aliphatic heterocycles. The highest BCUT2D eigenvalue weighted by Crippen LogP contribution is 2.61. The van der Waals surface area contributed by atoms with Gasteiger partial charge in [-0.1, -0.05) is 108 Å². The van der Waals surface area contributed by atoms with Crippen molar-refractivity contribution in [1.82, 2.24) is 4.98 Å². The summed E-state index contributed by atoms with van der Waals surface area (Å²) in [4.78, 5) is 3.76. The van der Waals surface area contributed by atoms with Crippen LogP contribution in [0.5, 0.6) is 0 Å². The first-order valence-electron chi connectivity index (χ1n) is 15.2. The number of H-pyrrole nitrogens is 1. The summed E-state index contributed by atoms with van der Waals surface area (Å²) in [6, 6.07) is 21.2. The Morgan fingerprint density at radius 3 is 2.17 bits per heavy atom. The molecule has 0 amide bonds. The summed E-state index contributed by atoms with van der Waals surface area (Å²) >= 11 is 0. The van der Waals surface area contributed by atoms with Crippen molar-refractivity contribution in [2.75, 3.05) is 0 Å². The molecule has 3 atom stereocenters. The van der Waals surface area contributed by atoms with Crippen LogP contribution in [-0.2, 0) is 0 Å². The van der Waals surface area contributed by atoms with E-state index in [0.29, 0.717) is 22.5 Å². The molecule has 40 heavy (non-hydrogen) atoms. The Balaban J connectivity index is 1.60. The Morgan fingerprint density at radius 1 is 0.850 bits per heavy atom. The van der Waals surface area contributed by atoms with E-state index in [4.69, 9.17) is 0 Å². The maximum absolute atomic E-state index is 10.5. The number of aromatic amines is 1. The summed E-state index contributed by atoms with van der Waals surface area (Å²) in [5.74, 6) is 0.820. The molecule has 4 aliphatic rings. The fourth-order valence-electron chi connectivity index (χ4n) is 9.70. The van der Waals surface area contributed by atoms with Gasteiger partial charge in [-0.3, -0.25) is 0 Å². The van der Waals surface area contributed by atoms with Gasteiger partial charge in [0.1, 0.15) is 0 Å². The summed E-state index contributed by atoms with van der Waals surface area (Å²) in [6.07, 6.45) is 5.86. The van der Waals surface area contributed by atoms with Gasteiger partial charge in [0.05, 0.1) is 19.7 Å². The zero-order chi connectivity index (χ0) is 28.1. The highest BCUT2D eigenvalue weighted by Gasteiger charge is 2.47. The Morgan fingerprint density at radius 2 is 1.52 bits per heavy atom. The van der Waals surface area contributed by atoms with Crippen molar-refractivity contribution < 1.29 is 0 Å². The standard InChI is InChI=1S/C37H40N2Si/c1-20(2)40(21(3)4,22(5)6)25-15-16-30-29(18-25)35-31(39-30)17-24(19-38)33-36-27-13-9-8-12-26(27)34(37(33)35)28-14-10-11-23(7)32(28)36/h8-10,12-18,20-23,34,36,39H,11H2,1-7H3. The maximum atomic E-state index is 10.5. The Kier molecular flexibility index (Phi) is 5.65. The zero-order valence-corrected chi connectivity index (χ0v) is 25.9. The van der Waals surface area contributed by atoms with E-state index in [1.54, 1.807) is 10.8 Å². The fraction of sp³-hybridized carbons (Fsp3) is 0.378. The van der Waals surface area contributed by atoms with Gasteiger partial charge in [-0.25, -0.2) is 0 Å². The summed E-state index contributed by atoms with van der Waals surface area (Å²) in [5.41, 5.74) is 13.6. The number of benzene rings is 3. The molecule has 0 spiro atoms. The van der Waals surface area contributed by atoms with Crippen molar-refractivity contribution in [3.05, 3.63) is 99.6 Å². The minimum absolute atomic E-state index is 0.161. The molecule has 202 valence electrons. The third kappa shape index (κ3) is 3.09. The lowest BCUT2D eigenvalue weighted by molar-refractivity contribution is 0.584. The molecule has 1 N–H and O–H groups in total. The number of aromatic nitrogens is 1. The summed E-state index contributed by atoms with van der Waals surface area (Å²) < 4.78 is 0. The molecule has 0 saturated carbocycles. The minimum Gasteiger partial charge on any atom is -0.354 e. The third-order valence-corrected chi connectivity index (χ3v) is 18.0. The number of nitrogens with one attached hydrogen (secondary N) is 1. The first kappa shape index (κ1) is 25.6. The lowest BCUT2D eigenvalue weighted by Gasteiger charge is -2.46. The lowest BCUT2D eigenvalue weighted by Crippen LogP contribution is -2.55. The van der Waals surface area contributed by atoms with Crippen LogP contribution in [0, 0.1) is 17.2 Å². The van der Waals surface area contributed by atoms with E-state index >= 15 is 0 Å². The molecule has 3 unspecified atom stereocenters. The quantitative estimate of drug-likeness (QED) is 0.257. The van der Waals surface area contributed by atoms with E-state index in [1.165, 1.54) is 44.1 Å². The van der Waals surface area contributed by atoms with E-state index in [9.17, 15) is 5.26 Å². The van der Waals surface area contributed by atoms with Gasteiger partial charge in [0.15, 0.2) is 0 Å². The molecular weight excluding hydrogens is 501 g/mol. The first-order chi connectivity index (χ1) is 19.2. The van der Waals surface area contributed by atoms with Crippen LogP contribution in [0.1, 0.15) is 94.5 Å². The molecule has 8 rings (SSSR count). The average Bonchev–Trinajstić information content (AvgIpc) is 3.30. The van der Waals surface area contributed by atoms with Crippen LogP contribution in [0.2, 0.25) is 16.6 Å². The van der Waals surface area contributed by atoms with E-state index in [1.807, 2.05) is 0 Å². The summed E-state index contributed by atoms with van der Waals surface area (Å²) in [6.45, 7) is 17.1. The SMILES string of the molecule is CC1CC=CC2=C1C1c3ccccc3C2c2c1c(C#N)cc1[nH]c3ccc([Si](C(C)C)(C(C)C)C(C)C)cc3c21. The average molecular weight is 541 g/mol. The van der Waals surface area contributed by atoms with Crippen molar-refractivity contribution in [2.24, 2.45) is 5.92 Å². The molecule has 1 heterocycles. The van der Waals surface area contributed by atoms with Crippen LogP contribution in [-0.4, -0.2) is 13.1 Å². The van der Waals surface area contributed by atoms with Crippen LogP contribution in [0.4, 0.5) is 0 Å². The molecule has 4 aliphatic carbocycles. The van der Waals surface area contributed by atoms with Crippen LogP contribution in [0.25, 0.3) is 21.8 Å². The zero-order valence-electron chi connectivity index (χ0n) is 24.9. The van der Waals surface area contributed by atoms with Gasteiger partial charge in [0, 0.05) is 33.6 Å². The van der Waals surface area contributed by atoms with Crippen LogP contribution >= 0.6 is 0 Å². The summed E-state index contributed by atoms with van der Waals surface area (Å²) in [7, 11) is -1.83. The highest BCUT2D eigenvalue weighted by atomic mass is 28.3. The number of hydrogen-bond donors (Lipinski definition) is 1. The Bertz CT molecular complexity index is 1780. The molecule has 0 fully saturated rings. The van der Waals surface area contributed by atoms with Crippen LogP contribution in [0.15, 0.2) is 71.8 Å². The maximum Gasteiger partial charge on any atom is 0.0995 e. The van der Waals surface area contributed by atoms with Gasteiger partial charge in [0.2, 0.25) is 0 Å². The van der Waals surface area contributed by atoms with E-state index in [0.717, 1.165) is 17.5 Å². The smallest absolute Gasteiger partial charge is 0.0995 e. The van der Waals surface area contributed by atoms with Crippen molar-refractivity contribution in [1.29, 1.82) is 5.26 Å². The van der Waals surface area contributed by atoms with Crippen LogP contribution in [0.3, 0.4) is 0 Å². The molecule has 0 radical (unpaired) electrons. The molecule has 1 aromatic heterocycles. The molecule has 4 aromatic rings. The molecule has 3 heteroatoms. The van der Waals surface area contributed by atoms with Gasteiger partial charge in [0.25, 0.3) is 0 Å². The monoisotopic (exact) mass is 540 g/mol. The molecule has 2 bridgehead atoms. The van der Waals surface area contributed by atoms with Gasteiger partial charge in [-0.15, -0.1) is 0 Å². The van der Waals surface area contributed by atoms with Gasteiger partial charge < -0.3 is 4.98 Å². The Hall–Kier alpha value is -3.35. The number of fused-ring (bicyclic) bond motifs is 3. The van der Waals surface area contributed by atoms with Gasteiger partial charge in [-0.05, 0) is 68.9 Å². The van der Waals surface area contributed by atoms with Crippen molar-refractivity contribution >= 4 is 35.1 Å². The lowest BCUT2D eigenvalue weighted by atomic mass is 9.56. The third-order valence-electron chi connectivity index (χ3n) is 10.9. The topological polar surface area (TPSA) is 39.6 Å². The first-order valence-corrected chi connectivity index (χ1v) is 17.5. The van der Waals surface area contributed by atoms with Gasteiger partial charge in [-0.2, -0.15) is 5.26 Å². The van der Waals surface area contributed by atoms with Crippen molar-refractivity contribution in [3.8, 4) is 6.07 Å². The predicted molar refractivity (Wildman–Crippen MR) is 171 cm³/mol. The number of nitrogens with zero attached hydrogens (tertiary/aromatic N) is 1. The highest BCUT2D eigenvalue weighted by molar-refractivity contribution is 6.95. The Labute approximate surface area is 239 Å². The molecule has 0 saturated heterocycles. The van der Waals surface area contributed by atoms with Crippen LogP contribution < -0.4 is 5.19 Å². The number of nitriles is 1. The second-order valence-electron chi connectivity index (χ2n) is 13.5. The number of allylic oxidation sites excluding steroid dienone is 4. The van der Waals surface area contributed by atoms with E-state index < -0.39 is 8.07 Å². The van der Waals surface area contributed by atoms with Crippen molar-refractivity contribution in [2.45, 2.75) is 83.3 Å². The number of rotatable bonds is 4. The normalized spacial score (nSPS) is 21.5. The fourth-order valence-corrected chi connectivity index (χ4v) is 16.5. The number of hydrogen-bond acceptors (Lipinski definition) is 1. The van der Waals surface area contributed by atoms with Crippen molar-refractivity contribution in [3.63, 3.8) is 0 Å². The summed E-state index contributed by atoms with van der Waals surface area (Å²) in [5, 5.41) is 14.8. The second kappa shape index (κ2) is 8.82. The molecule has 2 nitrogen and oxygen atoms in total. The minimum atomic E-state index is -1.83. The van der Waals surface area contributed by atoms with E-state index in [-0.39, 0.29) is 11.8 Å². The second-order valence-corrected chi connectivity index (χ2v) is 19.4. The van der Waals surface area contributed by atoms with Gasteiger partial charge >= 0.3 is 0 Å². The molecule has 3 aromatic carbocycles. The molecular formula is C37H40N2Si. The predicted octanol–water partition coefficient (Wildman–Crippen LogP) is 9.56.